The Kier molecular flexibility index (Phi) is 5.33. The maximum Gasteiger partial charge on any atom is 0.102 e. The molecule has 2 atom stereocenters. The van der Waals surface area contributed by atoms with E-state index in [4.69, 9.17) is 5.11 Å². The Labute approximate surface area is 107 Å². The van der Waals surface area contributed by atoms with Gasteiger partial charge < -0.3 is 10.4 Å². The Bertz CT molecular complexity index is 414. The molecule has 92 valence electrons. The average Bonchev–Trinajstić information content (AvgIpc) is 2.37. The van der Waals surface area contributed by atoms with E-state index in [-0.39, 0.29) is 18.6 Å². The molecule has 1 rings (SSSR count). The summed E-state index contributed by atoms with van der Waals surface area (Å²) in [7, 11) is 0. The first-order valence-electron chi connectivity index (χ1n) is 5.58. The van der Waals surface area contributed by atoms with E-state index in [2.05, 4.69) is 11.4 Å². The Hall–Kier alpha value is -1.18. The molecule has 2 unspecified atom stereocenters. The van der Waals surface area contributed by atoms with Crippen LogP contribution in [-0.2, 0) is 0 Å². The number of aliphatic hydroxyl groups is 1. The fourth-order valence-corrected chi connectivity index (χ4v) is 2.06. The second kappa shape index (κ2) is 6.53. The van der Waals surface area contributed by atoms with Gasteiger partial charge in [0, 0.05) is 17.5 Å². The van der Waals surface area contributed by atoms with Crippen molar-refractivity contribution < 1.29 is 5.11 Å². The highest BCUT2D eigenvalue weighted by Crippen LogP contribution is 2.27. The lowest BCUT2D eigenvalue weighted by atomic mass is 10.0. The van der Waals surface area contributed by atoms with Crippen LogP contribution in [0.3, 0.4) is 0 Å². The number of thioether (sulfide) groups is 1. The maximum absolute atomic E-state index is 9.19. The quantitative estimate of drug-likeness (QED) is 0.789. The summed E-state index contributed by atoms with van der Waals surface area (Å²) in [5.74, 6) is 0.152. The molecule has 0 aliphatic rings. The molecular formula is C13H18N2OS. The third kappa shape index (κ3) is 3.39. The number of aliphatic hydroxyl groups excluding tert-OH is 1. The highest BCUT2D eigenvalue weighted by atomic mass is 32.2. The Morgan fingerprint density at radius 3 is 2.71 bits per heavy atom. The van der Waals surface area contributed by atoms with Gasteiger partial charge in [-0.3, -0.25) is 0 Å². The lowest BCUT2D eigenvalue weighted by Gasteiger charge is -2.21. The summed E-state index contributed by atoms with van der Waals surface area (Å²) in [6.45, 7) is 4.12. The van der Waals surface area contributed by atoms with Crippen molar-refractivity contribution in [2.45, 2.75) is 24.8 Å². The van der Waals surface area contributed by atoms with Gasteiger partial charge in [0.05, 0.1) is 11.3 Å². The summed E-state index contributed by atoms with van der Waals surface area (Å²) < 4.78 is 0. The van der Waals surface area contributed by atoms with Gasteiger partial charge in [-0.05, 0) is 31.2 Å². The number of benzene rings is 1. The van der Waals surface area contributed by atoms with Crippen LogP contribution >= 0.6 is 11.8 Å². The van der Waals surface area contributed by atoms with Crippen LogP contribution in [0.2, 0.25) is 0 Å². The van der Waals surface area contributed by atoms with Crippen LogP contribution in [0.15, 0.2) is 23.1 Å². The molecule has 17 heavy (non-hydrogen) atoms. The van der Waals surface area contributed by atoms with E-state index in [0.717, 1.165) is 10.6 Å². The molecule has 0 radical (unpaired) electrons. The smallest absolute Gasteiger partial charge is 0.102 e. The van der Waals surface area contributed by atoms with Crippen LogP contribution in [0.5, 0.6) is 0 Å². The molecule has 0 fully saturated rings. The van der Waals surface area contributed by atoms with Crippen LogP contribution in [0, 0.1) is 17.2 Å². The molecule has 0 spiro atoms. The van der Waals surface area contributed by atoms with Crippen molar-refractivity contribution in [3.63, 3.8) is 0 Å². The van der Waals surface area contributed by atoms with Crippen molar-refractivity contribution in [1.29, 1.82) is 5.26 Å². The van der Waals surface area contributed by atoms with E-state index in [9.17, 15) is 5.26 Å². The van der Waals surface area contributed by atoms with Crippen molar-refractivity contribution >= 4 is 17.4 Å². The minimum atomic E-state index is 0.129. The van der Waals surface area contributed by atoms with Crippen molar-refractivity contribution in [3.05, 3.63) is 23.8 Å². The summed E-state index contributed by atoms with van der Waals surface area (Å²) in [4.78, 5) is 0.973. The molecule has 0 aliphatic heterocycles. The number of nitrogens with zero attached hydrogens (tertiary/aromatic N) is 1. The predicted molar refractivity (Wildman–Crippen MR) is 72.3 cm³/mol. The summed E-state index contributed by atoms with van der Waals surface area (Å²) >= 11 is 1.56. The fraction of sp³-hybridized carbons (Fsp3) is 0.462. The molecule has 2 N–H and O–H groups in total. The topological polar surface area (TPSA) is 56.0 Å². The first-order valence-corrected chi connectivity index (χ1v) is 6.81. The Balaban J connectivity index is 2.95. The van der Waals surface area contributed by atoms with Crippen LogP contribution in [0.25, 0.3) is 0 Å². The molecule has 0 amide bonds. The molecule has 3 nitrogen and oxygen atoms in total. The fourth-order valence-electron chi connectivity index (χ4n) is 1.48. The minimum absolute atomic E-state index is 0.129. The van der Waals surface area contributed by atoms with E-state index >= 15 is 0 Å². The number of hydrogen-bond acceptors (Lipinski definition) is 4. The third-order valence-corrected chi connectivity index (χ3v) is 3.66. The normalized spacial score (nSPS) is 13.8. The number of hydrogen-bond donors (Lipinski definition) is 2. The number of nitrogens with one attached hydrogen (secondary N) is 1. The van der Waals surface area contributed by atoms with Crippen LogP contribution < -0.4 is 5.32 Å². The molecule has 0 saturated heterocycles. The summed E-state index contributed by atoms with van der Waals surface area (Å²) in [6, 6.07) is 8.14. The molecule has 1 aromatic carbocycles. The van der Waals surface area contributed by atoms with Crippen molar-refractivity contribution in [2.24, 2.45) is 5.92 Å². The number of anilines is 1. The van der Waals surface area contributed by atoms with Gasteiger partial charge in [0.2, 0.25) is 0 Å². The first kappa shape index (κ1) is 13.9. The molecule has 0 saturated carbocycles. The highest BCUT2D eigenvalue weighted by molar-refractivity contribution is 7.98. The second-order valence-corrected chi connectivity index (χ2v) is 4.94. The van der Waals surface area contributed by atoms with Gasteiger partial charge in [-0.25, -0.2) is 0 Å². The first-order chi connectivity index (χ1) is 8.13. The Morgan fingerprint density at radius 1 is 1.47 bits per heavy atom. The minimum Gasteiger partial charge on any atom is -0.396 e. The summed E-state index contributed by atoms with van der Waals surface area (Å²) in [5, 5.41) is 21.6. The number of rotatable bonds is 5. The standard InChI is InChI=1S/C13H18N2OS/c1-9(8-16)10(2)15-12-5-4-6-13(17-3)11(12)7-14/h4-6,9-10,15-16H,8H2,1-3H3. The maximum atomic E-state index is 9.19. The number of nitriles is 1. The molecular weight excluding hydrogens is 232 g/mol. The van der Waals surface area contributed by atoms with Gasteiger partial charge in [-0.1, -0.05) is 13.0 Å². The van der Waals surface area contributed by atoms with Crippen LogP contribution in [0.4, 0.5) is 5.69 Å². The molecule has 1 aromatic rings. The van der Waals surface area contributed by atoms with E-state index in [1.165, 1.54) is 0 Å². The molecule has 0 aromatic heterocycles. The predicted octanol–water partition coefficient (Wildman–Crippen LogP) is 2.71. The van der Waals surface area contributed by atoms with Crippen molar-refractivity contribution in [1.82, 2.24) is 0 Å². The average molecular weight is 250 g/mol. The van der Waals surface area contributed by atoms with Crippen LogP contribution in [-0.4, -0.2) is 24.0 Å². The van der Waals surface area contributed by atoms with Gasteiger partial charge in [0.1, 0.15) is 6.07 Å². The van der Waals surface area contributed by atoms with E-state index < -0.39 is 0 Å². The van der Waals surface area contributed by atoms with Gasteiger partial charge in [-0.15, -0.1) is 11.8 Å². The van der Waals surface area contributed by atoms with Gasteiger partial charge in [0.25, 0.3) is 0 Å². The lowest BCUT2D eigenvalue weighted by molar-refractivity contribution is 0.226. The van der Waals surface area contributed by atoms with E-state index in [1.54, 1.807) is 11.8 Å². The second-order valence-electron chi connectivity index (χ2n) is 4.09. The molecule has 0 aliphatic carbocycles. The van der Waals surface area contributed by atoms with Crippen molar-refractivity contribution in [3.8, 4) is 6.07 Å². The third-order valence-electron chi connectivity index (χ3n) is 2.88. The van der Waals surface area contributed by atoms with E-state index in [1.807, 2.05) is 38.3 Å². The zero-order valence-electron chi connectivity index (χ0n) is 10.4. The monoisotopic (exact) mass is 250 g/mol. The summed E-state index contributed by atoms with van der Waals surface area (Å²) in [6.07, 6.45) is 1.96. The highest BCUT2D eigenvalue weighted by Gasteiger charge is 2.14. The van der Waals surface area contributed by atoms with Crippen molar-refractivity contribution in [2.75, 3.05) is 18.2 Å². The zero-order valence-corrected chi connectivity index (χ0v) is 11.2. The zero-order chi connectivity index (χ0) is 12.8. The van der Waals surface area contributed by atoms with Crippen LogP contribution in [0.1, 0.15) is 19.4 Å². The summed E-state index contributed by atoms with van der Waals surface area (Å²) in [5.41, 5.74) is 1.52. The van der Waals surface area contributed by atoms with Gasteiger partial charge in [0.15, 0.2) is 0 Å². The van der Waals surface area contributed by atoms with Gasteiger partial charge in [-0.2, -0.15) is 5.26 Å². The van der Waals surface area contributed by atoms with E-state index in [0.29, 0.717) is 5.56 Å². The largest absolute Gasteiger partial charge is 0.396 e. The SMILES string of the molecule is CSc1cccc(NC(C)C(C)CO)c1C#N. The molecule has 0 bridgehead atoms. The Morgan fingerprint density at radius 2 is 2.18 bits per heavy atom. The molecule has 0 heterocycles. The molecule has 4 heteroatoms. The lowest BCUT2D eigenvalue weighted by Crippen LogP contribution is -2.26. The van der Waals surface area contributed by atoms with Gasteiger partial charge >= 0.3 is 0 Å².